The largest absolute Gasteiger partial charge is 0.368 e. The van der Waals surface area contributed by atoms with Gasteiger partial charge in [0.15, 0.2) is 0 Å². The van der Waals surface area contributed by atoms with Gasteiger partial charge in [0.25, 0.3) is 0 Å². The summed E-state index contributed by atoms with van der Waals surface area (Å²) in [4.78, 5) is 19.8. The predicted molar refractivity (Wildman–Crippen MR) is 180 cm³/mol. The van der Waals surface area contributed by atoms with Crippen molar-refractivity contribution in [2.75, 3.05) is 75.2 Å². The van der Waals surface area contributed by atoms with Gasteiger partial charge in [-0.05, 0) is 77.5 Å². The molecular formula is C37H38N6. The first kappa shape index (κ1) is 26.4. The van der Waals surface area contributed by atoms with Crippen molar-refractivity contribution in [1.29, 1.82) is 0 Å². The highest BCUT2D eigenvalue weighted by Crippen LogP contribution is 2.31. The smallest absolute Gasteiger partial charge is 0.0729 e. The summed E-state index contributed by atoms with van der Waals surface area (Å²) in [5.74, 6) is 0. The Balaban J connectivity index is 0.842. The Morgan fingerprint density at radius 3 is 1.28 bits per heavy atom. The molecule has 6 nitrogen and oxygen atoms in total. The molecule has 43 heavy (non-hydrogen) atoms. The van der Waals surface area contributed by atoms with Gasteiger partial charge in [-0.15, -0.1) is 0 Å². The number of hydrogen-bond donors (Lipinski definition) is 0. The monoisotopic (exact) mass is 566 g/mol. The van der Waals surface area contributed by atoms with Gasteiger partial charge in [-0.3, -0.25) is 19.8 Å². The molecule has 0 atom stereocenters. The molecule has 0 bridgehead atoms. The zero-order valence-electron chi connectivity index (χ0n) is 24.7. The predicted octanol–water partition coefficient (Wildman–Crippen LogP) is 6.42. The van der Waals surface area contributed by atoms with Crippen LogP contribution in [0.4, 0.5) is 11.4 Å². The maximum Gasteiger partial charge on any atom is 0.0729 e. The van der Waals surface area contributed by atoms with Crippen LogP contribution in [0.2, 0.25) is 0 Å². The van der Waals surface area contributed by atoms with Gasteiger partial charge >= 0.3 is 0 Å². The van der Waals surface area contributed by atoms with Gasteiger partial charge in [0.05, 0.1) is 11.0 Å². The number of hydrogen-bond acceptors (Lipinski definition) is 6. The van der Waals surface area contributed by atoms with Crippen LogP contribution < -0.4 is 9.80 Å². The number of nitrogens with zero attached hydrogens (tertiary/aromatic N) is 6. The third-order valence-corrected chi connectivity index (χ3v) is 9.55. The summed E-state index contributed by atoms with van der Waals surface area (Å²) in [6.45, 7) is 11.1. The fraction of sp³-hybridized carbons (Fsp3) is 0.297. The van der Waals surface area contributed by atoms with Crippen molar-refractivity contribution in [3.05, 3.63) is 97.3 Å². The highest BCUT2D eigenvalue weighted by molar-refractivity contribution is 6.03. The van der Waals surface area contributed by atoms with Crippen LogP contribution in [0.1, 0.15) is 6.42 Å². The fourth-order valence-electron chi connectivity index (χ4n) is 7.13. The van der Waals surface area contributed by atoms with Crippen LogP contribution in [0.5, 0.6) is 0 Å². The van der Waals surface area contributed by atoms with E-state index in [9.17, 15) is 0 Å². The molecule has 0 saturated carbocycles. The van der Waals surface area contributed by atoms with Crippen LogP contribution >= 0.6 is 0 Å². The first-order valence-electron chi connectivity index (χ1n) is 15.8. The van der Waals surface area contributed by atoms with E-state index in [1.165, 1.54) is 63.2 Å². The minimum atomic E-state index is 1.07. The Bertz CT molecular complexity index is 1760. The molecule has 2 aromatic heterocycles. The molecule has 0 aliphatic carbocycles. The summed E-state index contributed by atoms with van der Waals surface area (Å²) in [5, 5.41) is 7.61. The molecule has 2 aliphatic rings. The molecule has 8 rings (SSSR count). The van der Waals surface area contributed by atoms with Crippen molar-refractivity contribution < 1.29 is 0 Å². The maximum atomic E-state index is 4.69. The molecule has 6 aromatic rings. The van der Waals surface area contributed by atoms with Gasteiger partial charge in [0, 0.05) is 86.9 Å². The molecule has 0 spiro atoms. The van der Waals surface area contributed by atoms with E-state index in [0.717, 1.165) is 63.4 Å². The first-order chi connectivity index (χ1) is 21.3. The van der Waals surface area contributed by atoms with Gasteiger partial charge in [-0.25, -0.2) is 0 Å². The number of pyridine rings is 2. The van der Waals surface area contributed by atoms with Crippen LogP contribution in [-0.4, -0.2) is 85.2 Å². The lowest BCUT2D eigenvalue weighted by Gasteiger charge is -2.38. The highest BCUT2D eigenvalue weighted by Gasteiger charge is 2.21. The standard InChI is InChI=1S/C37H38N6/c1-3-8-30-26-34-32(24-28(30)6-1)36(10-12-38-34)42-20-16-40(17-21-42)14-5-15-41-18-22-43(23-19-41)37-11-13-39-35-27-31-9-4-2-7-29(31)25-33(35)37/h1-4,6-13,24-27H,5,14-23H2. The number of piperazine rings is 2. The number of rotatable bonds is 6. The van der Waals surface area contributed by atoms with E-state index in [0.29, 0.717) is 0 Å². The second kappa shape index (κ2) is 11.4. The Labute approximate surface area is 253 Å². The Hall–Kier alpha value is -4.26. The lowest BCUT2D eigenvalue weighted by Crippen LogP contribution is -2.48. The summed E-state index contributed by atoms with van der Waals surface area (Å²) in [6.07, 6.45) is 5.17. The molecule has 0 amide bonds. The van der Waals surface area contributed by atoms with E-state index >= 15 is 0 Å². The summed E-state index contributed by atoms with van der Waals surface area (Å²) in [6, 6.07) is 30.7. The lowest BCUT2D eigenvalue weighted by atomic mass is 10.1. The second-order valence-corrected chi connectivity index (χ2v) is 12.1. The van der Waals surface area contributed by atoms with Crippen molar-refractivity contribution in [3.8, 4) is 0 Å². The van der Waals surface area contributed by atoms with Crippen LogP contribution in [0.25, 0.3) is 43.4 Å². The van der Waals surface area contributed by atoms with E-state index in [2.05, 4.69) is 114 Å². The van der Waals surface area contributed by atoms with Crippen LogP contribution in [0.15, 0.2) is 97.3 Å². The maximum absolute atomic E-state index is 4.69. The SMILES string of the molecule is c1ccc2cc3c(N4CCN(CCCN5CCN(c6ccnc7cc8ccccc8cc67)CC5)CC4)ccnc3cc2c1. The Kier molecular flexibility index (Phi) is 7.01. The number of anilines is 2. The molecule has 0 unspecified atom stereocenters. The summed E-state index contributed by atoms with van der Waals surface area (Å²) in [5.41, 5.74) is 4.82. The highest BCUT2D eigenvalue weighted by atomic mass is 15.3. The lowest BCUT2D eigenvalue weighted by molar-refractivity contribution is 0.213. The van der Waals surface area contributed by atoms with Gasteiger partial charge in [0.2, 0.25) is 0 Å². The van der Waals surface area contributed by atoms with Gasteiger partial charge < -0.3 is 9.80 Å². The van der Waals surface area contributed by atoms with E-state index in [-0.39, 0.29) is 0 Å². The molecule has 2 aliphatic heterocycles. The van der Waals surface area contributed by atoms with Crippen molar-refractivity contribution in [3.63, 3.8) is 0 Å². The van der Waals surface area contributed by atoms with Gasteiger partial charge in [-0.2, -0.15) is 0 Å². The fourth-order valence-corrected chi connectivity index (χ4v) is 7.13. The Morgan fingerprint density at radius 1 is 0.465 bits per heavy atom. The van der Waals surface area contributed by atoms with Gasteiger partial charge in [-0.1, -0.05) is 48.5 Å². The van der Waals surface area contributed by atoms with Gasteiger partial charge in [0.1, 0.15) is 0 Å². The minimum absolute atomic E-state index is 1.07. The molecule has 216 valence electrons. The molecule has 2 fully saturated rings. The zero-order chi connectivity index (χ0) is 28.6. The van der Waals surface area contributed by atoms with Crippen molar-refractivity contribution in [1.82, 2.24) is 19.8 Å². The number of aromatic nitrogens is 2. The molecule has 0 N–H and O–H groups in total. The third kappa shape index (κ3) is 5.26. The second-order valence-electron chi connectivity index (χ2n) is 12.1. The number of fused-ring (bicyclic) bond motifs is 4. The molecule has 6 heteroatoms. The molecule has 0 radical (unpaired) electrons. The van der Waals surface area contributed by atoms with E-state index in [1.807, 2.05) is 12.4 Å². The Morgan fingerprint density at radius 2 is 0.860 bits per heavy atom. The van der Waals surface area contributed by atoms with Crippen molar-refractivity contribution in [2.45, 2.75) is 6.42 Å². The van der Waals surface area contributed by atoms with E-state index < -0.39 is 0 Å². The molecular weight excluding hydrogens is 528 g/mol. The van der Waals surface area contributed by atoms with E-state index in [4.69, 9.17) is 0 Å². The average molecular weight is 567 g/mol. The molecule has 4 heterocycles. The minimum Gasteiger partial charge on any atom is -0.368 e. The van der Waals surface area contributed by atoms with Crippen LogP contribution in [0, 0.1) is 0 Å². The van der Waals surface area contributed by atoms with Crippen LogP contribution in [-0.2, 0) is 0 Å². The summed E-state index contributed by atoms with van der Waals surface area (Å²) >= 11 is 0. The zero-order valence-corrected chi connectivity index (χ0v) is 24.7. The summed E-state index contributed by atoms with van der Waals surface area (Å²) in [7, 11) is 0. The summed E-state index contributed by atoms with van der Waals surface area (Å²) < 4.78 is 0. The third-order valence-electron chi connectivity index (χ3n) is 9.55. The quantitative estimate of drug-likeness (QED) is 0.217. The van der Waals surface area contributed by atoms with Crippen molar-refractivity contribution >= 4 is 54.7 Å². The average Bonchev–Trinajstić information content (AvgIpc) is 3.06. The van der Waals surface area contributed by atoms with Crippen LogP contribution in [0.3, 0.4) is 0 Å². The topological polar surface area (TPSA) is 38.7 Å². The number of benzene rings is 4. The molecule has 4 aromatic carbocycles. The molecule has 2 saturated heterocycles. The van der Waals surface area contributed by atoms with E-state index in [1.54, 1.807) is 0 Å². The normalized spacial score (nSPS) is 17.0. The first-order valence-corrected chi connectivity index (χ1v) is 15.8. The van der Waals surface area contributed by atoms with Crippen molar-refractivity contribution in [2.24, 2.45) is 0 Å².